The Morgan fingerprint density at radius 1 is 1.00 bits per heavy atom. The first-order valence-electron chi connectivity index (χ1n) is 11.8. The Labute approximate surface area is 190 Å². The Bertz CT molecular complexity index is 1080. The molecule has 1 saturated heterocycles. The number of aryl methyl sites for hydroxylation is 1. The molecular formula is C28H31N3O. The number of hydrogen-bond acceptors (Lipinski definition) is 3. The van der Waals surface area contributed by atoms with Crippen LogP contribution in [-0.2, 0) is 12.8 Å². The van der Waals surface area contributed by atoms with E-state index in [4.69, 9.17) is 4.98 Å². The normalized spacial score (nSPS) is 18.3. The van der Waals surface area contributed by atoms with Crippen LogP contribution in [0, 0.1) is 0 Å². The van der Waals surface area contributed by atoms with Crippen LogP contribution in [0.1, 0.15) is 57.9 Å². The molecule has 3 heterocycles. The predicted molar refractivity (Wildman–Crippen MR) is 129 cm³/mol. The van der Waals surface area contributed by atoms with Gasteiger partial charge in [-0.25, -0.2) is 0 Å². The summed E-state index contributed by atoms with van der Waals surface area (Å²) in [5.41, 5.74) is 7.02. The summed E-state index contributed by atoms with van der Waals surface area (Å²) in [6.45, 7) is 2.67. The first-order valence-corrected chi connectivity index (χ1v) is 11.8. The van der Waals surface area contributed by atoms with Crippen LogP contribution >= 0.6 is 0 Å². The van der Waals surface area contributed by atoms with Crippen LogP contribution in [0.3, 0.4) is 0 Å². The Hall–Kier alpha value is -3.14. The summed E-state index contributed by atoms with van der Waals surface area (Å²) in [6.07, 6.45) is 7.23. The van der Waals surface area contributed by atoms with Crippen molar-refractivity contribution in [3.63, 3.8) is 0 Å². The van der Waals surface area contributed by atoms with E-state index in [-0.39, 0.29) is 5.91 Å². The van der Waals surface area contributed by atoms with Crippen LogP contribution in [0.4, 0.5) is 5.69 Å². The lowest BCUT2D eigenvalue weighted by Crippen LogP contribution is -2.39. The lowest BCUT2D eigenvalue weighted by atomic mass is 9.92. The van der Waals surface area contributed by atoms with Crippen LogP contribution in [-0.4, -0.2) is 42.5 Å². The number of anilines is 1. The molecule has 1 aromatic heterocycles. The molecular weight excluding hydrogens is 394 g/mol. The monoisotopic (exact) mass is 425 g/mol. The molecule has 5 rings (SSSR count). The second-order valence-electron chi connectivity index (χ2n) is 9.21. The van der Waals surface area contributed by atoms with Gasteiger partial charge in [0.15, 0.2) is 0 Å². The van der Waals surface area contributed by atoms with Crippen molar-refractivity contribution < 1.29 is 4.79 Å². The molecule has 0 saturated carbocycles. The van der Waals surface area contributed by atoms with Crippen molar-refractivity contribution in [2.24, 2.45) is 0 Å². The molecule has 0 N–H and O–H groups in total. The predicted octanol–water partition coefficient (Wildman–Crippen LogP) is 5.07. The number of benzene rings is 2. The molecule has 2 aliphatic heterocycles. The number of amides is 1. The van der Waals surface area contributed by atoms with Gasteiger partial charge in [0.05, 0.1) is 0 Å². The fourth-order valence-electron chi connectivity index (χ4n) is 5.12. The van der Waals surface area contributed by atoms with E-state index in [1.54, 1.807) is 0 Å². The number of carbonyl (C=O) groups excluding carboxylic acids is 1. The molecule has 0 radical (unpaired) electrons. The fraction of sp³-hybridized carbons (Fsp3) is 0.357. The number of fused-ring (bicyclic) bond motifs is 1. The van der Waals surface area contributed by atoms with Gasteiger partial charge in [0, 0.05) is 55.7 Å². The highest BCUT2D eigenvalue weighted by atomic mass is 16.2. The summed E-state index contributed by atoms with van der Waals surface area (Å²) in [5.74, 6) is 0.466. The number of rotatable bonds is 4. The van der Waals surface area contributed by atoms with E-state index < -0.39 is 0 Å². The highest BCUT2D eigenvalue weighted by molar-refractivity contribution is 5.95. The van der Waals surface area contributed by atoms with E-state index in [1.807, 2.05) is 23.2 Å². The lowest BCUT2D eigenvalue weighted by molar-refractivity contribution is 0.0706. The van der Waals surface area contributed by atoms with Crippen LogP contribution in [0.15, 0.2) is 66.9 Å². The van der Waals surface area contributed by atoms with Gasteiger partial charge in [0.2, 0.25) is 0 Å². The number of likely N-dealkylation sites (tertiary alicyclic amines) is 1. The summed E-state index contributed by atoms with van der Waals surface area (Å²) < 4.78 is 0. The Kier molecular flexibility index (Phi) is 5.93. The third-order valence-corrected chi connectivity index (χ3v) is 6.90. The van der Waals surface area contributed by atoms with Gasteiger partial charge in [0.25, 0.3) is 5.91 Å². The zero-order valence-electron chi connectivity index (χ0n) is 18.8. The molecule has 0 aliphatic carbocycles. The summed E-state index contributed by atoms with van der Waals surface area (Å²) in [6, 6.07) is 21.1. The van der Waals surface area contributed by atoms with E-state index in [0.29, 0.717) is 5.92 Å². The Balaban J connectivity index is 1.26. The number of piperidine rings is 1. The van der Waals surface area contributed by atoms with Crippen molar-refractivity contribution in [2.45, 2.75) is 38.0 Å². The minimum atomic E-state index is 0.159. The van der Waals surface area contributed by atoms with Gasteiger partial charge in [-0.3, -0.25) is 9.78 Å². The number of nitrogens with zero attached hydrogens (tertiary/aromatic N) is 3. The topological polar surface area (TPSA) is 36.4 Å². The third kappa shape index (κ3) is 4.40. The lowest BCUT2D eigenvalue weighted by Gasteiger charge is -2.33. The second kappa shape index (κ2) is 9.15. The van der Waals surface area contributed by atoms with E-state index in [9.17, 15) is 4.79 Å². The molecule has 2 aromatic carbocycles. The molecule has 1 amide bonds. The molecule has 4 nitrogen and oxygen atoms in total. The maximum Gasteiger partial charge on any atom is 0.253 e. The smallest absolute Gasteiger partial charge is 0.253 e. The molecule has 1 fully saturated rings. The highest BCUT2D eigenvalue weighted by Crippen LogP contribution is 2.30. The van der Waals surface area contributed by atoms with Crippen molar-refractivity contribution >= 4 is 11.6 Å². The van der Waals surface area contributed by atoms with Crippen LogP contribution in [0.5, 0.6) is 0 Å². The minimum absolute atomic E-state index is 0.159. The summed E-state index contributed by atoms with van der Waals surface area (Å²) in [4.78, 5) is 22.4. The van der Waals surface area contributed by atoms with Gasteiger partial charge in [-0.15, -0.1) is 0 Å². The molecule has 164 valence electrons. The first-order chi connectivity index (χ1) is 15.7. The van der Waals surface area contributed by atoms with Crippen molar-refractivity contribution in [3.8, 4) is 0 Å². The maximum atomic E-state index is 13.3. The van der Waals surface area contributed by atoms with Crippen LogP contribution in [0.2, 0.25) is 0 Å². The van der Waals surface area contributed by atoms with Gasteiger partial charge >= 0.3 is 0 Å². The SMILES string of the molecule is CN1CCCc2cc(C(=O)N3CCC[C@@H](c4ccc(Cc5ccccc5)cn4)C3)ccc21. The summed E-state index contributed by atoms with van der Waals surface area (Å²) >= 11 is 0. The van der Waals surface area contributed by atoms with E-state index in [0.717, 1.165) is 63.0 Å². The molecule has 2 aliphatic rings. The van der Waals surface area contributed by atoms with E-state index in [1.165, 1.54) is 22.4 Å². The fourth-order valence-corrected chi connectivity index (χ4v) is 5.12. The maximum absolute atomic E-state index is 13.3. The van der Waals surface area contributed by atoms with Crippen molar-refractivity contribution in [2.75, 3.05) is 31.6 Å². The van der Waals surface area contributed by atoms with Gasteiger partial charge < -0.3 is 9.80 Å². The first kappa shape index (κ1) is 20.7. The van der Waals surface area contributed by atoms with E-state index in [2.05, 4.69) is 60.5 Å². The average Bonchev–Trinajstić information content (AvgIpc) is 2.85. The molecule has 0 bridgehead atoms. The molecule has 1 atom stereocenters. The summed E-state index contributed by atoms with van der Waals surface area (Å²) in [7, 11) is 2.13. The molecule has 4 heteroatoms. The van der Waals surface area contributed by atoms with Gasteiger partial charge in [-0.2, -0.15) is 0 Å². The number of carbonyl (C=O) groups is 1. The Morgan fingerprint density at radius 2 is 1.88 bits per heavy atom. The van der Waals surface area contributed by atoms with Crippen molar-refractivity contribution in [1.29, 1.82) is 0 Å². The quantitative estimate of drug-likeness (QED) is 0.585. The minimum Gasteiger partial charge on any atom is -0.374 e. The molecule has 3 aromatic rings. The van der Waals surface area contributed by atoms with Gasteiger partial charge in [0.1, 0.15) is 0 Å². The molecule has 0 unspecified atom stereocenters. The van der Waals surface area contributed by atoms with Gasteiger partial charge in [-0.05, 0) is 73.1 Å². The zero-order chi connectivity index (χ0) is 21.9. The van der Waals surface area contributed by atoms with Crippen molar-refractivity contribution in [1.82, 2.24) is 9.88 Å². The van der Waals surface area contributed by atoms with Crippen molar-refractivity contribution in [3.05, 3.63) is 94.8 Å². The summed E-state index contributed by atoms with van der Waals surface area (Å²) in [5, 5.41) is 0. The molecule has 0 spiro atoms. The second-order valence-corrected chi connectivity index (χ2v) is 9.21. The van der Waals surface area contributed by atoms with Crippen LogP contribution < -0.4 is 4.90 Å². The average molecular weight is 426 g/mol. The largest absolute Gasteiger partial charge is 0.374 e. The number of pyridine rings is 1. The highest BCUT2D eigenvalue weighted by Gasteiger charge is 2.27. The number of hydrogen-bond donors (Lipinski definition) is 0. The third-order valence-electron chi connectivity index (χ3n) is 6.90. The van der Waals surface area contributed by atoms with Crippen LogP contribution in [0.25, 0.3) is 0 Å². The molecule has 32 heavy (non-hydrogen) atoms. The Morgan fingerprint density at radius 3 is 2.69 bits per heavy atom. The number of aromatic nitrogens is 1. The standard InChI is InChI=1S/C28H31N3O/c1-30-15-5-9-23-18-24(12-14-27(23)30)28(32)31-16-6-10-25(20-31)26-13-11-22(19-29-26)17-21-7-3-2-4-8-21/h2-4,7-8,11-14,18-19,25H,5-6,9-10,15-17,20H2,1H3/t25-/m1/s1. The van der Waals surface area contributed by atoms with E-state index >= 15 is 0 Å². The van der Waals surface area contributed by atoms with Gasteiger partial charge in [-0.1, -0.05) is 36.4 Å². The zero-order valence-corrected chi connectivity index (χ0v) is 18.8.